The van der Waals surface area contributed by atoms with E-state index in [1.807, 2.05) is 18.2 Å². The molecule has 0 saturated carbocycles. The average Bonchev–Trinajstić information content (AvgIpc) is 2.84. The third kappa shape index (κ3) is 6.50. The minimum atomic E-state index is -0.781. The zero-order valence-corrected chi connectivity index (χ0v) is 19.3. The molecule has 0 fully saturated rings. The zero-order chi connectivity index (χ0) is 25.4. The molecule has 0 aliphatic heterocycles. The molecule has 0 bridgehead atoms. The summed E-state index contributed by atoms with van der Waals surface area (Å²) in [6.45, 7) is 2.08. The molecule has 9 nitrogen and oxygen atoms in total. The molecule has 0 spiro atoms. The third-order valence-electron chi connectivity index (χ3n) is 4.71. The highest BCUT2D eigenvalue weighted by atomic mass is 35.5. The van der Waals surface area contributed by atoms with Crippen molar-refractivity contribution in [3.63, 3.8) is 0 Å². The monoisotopic (exact) mass is 493 g/mol. The normalized spacial score (nSPS) is 10.8. The minimum Gasteiger partial charge on any atom is -0.500 e. The summed E-state index contributed by atoms with van der Waals surface area (Å²) in [4.78, 5) is 23.1. The van der Waals surface area contributed by atoms with E-state index in [1.54, 1.807) is 43.3 Å². The summed E-state index contributed by atoms with van der Waals surface area (Å²) >= 11 is 6.12. The zero-order valence-electron chi connectivity index (χ0n) is 18.5. The van der Waals surface area contributed by atoms with Crippen molar-refractivity contribution in [3.8, 4) is 23.3 Å². The van der Waals surface area contributed by atoms with Crippen molar-refractivity contribution in [3.05, 3.63) is 92.5 Å². The van der Waals surface area contributed by atoms with Gasteiger partial charge in [0, 0.05) is 22.3 Å². The fourth-order valence-electron chi connectivity index (χ4n) is 3.03. The number of nitro groups is 1. The van der Waals surface area contributed by atoms with E-state index < -0.39 is 22.3 Å². The van der Waals surface area contributed by atoms with Gasteiger partial charge in [0.2, 0.25) is 5.75 Å². The summed E-state index contributed by atoms with van der Waals surface area (Å²) in [5.41, 5.74) is 0.483. The average molecular weight is 494 g/mol. The van der Waals surface area contributed by atoms with Crippen LogP contribution in [0.15, 0.2) is 66.2 Å². The maximum absolute atomic E-state index is 12.6. The first-order valence-electron chi connectivity index (χ1n) is 10.4. The van der Waals surface area contributed by atoms with E-state index in [-0.39, 0.29) is 30.1 Å². The summed E-state index contributed by atoms with van der Waals surface area (Å²) in [6.07, 6.45) is 1.17. The van der Waals surface area contributed by atoms with E-state index in [1.165, 1.54) is 12.1 Å². The van der Waals surface area contributed by atoms with Crippen LogP contribution < -0.4 is 14.8 Å². The molecule has 3 aromatic carbocycles. The standard InChI is InChI=1S/C25H20ClN3O6/c1-2-34-23-13-16(12-22(24(23)30)29(32)33)11-18(14-27)25(31)28-19-7-9-20(10-8-19)35-15-17-5-3-4-6-21(17)26/h3-13,30H,2,15H2,1H3,(H,28,31)/b18-11+. The summed E-state index contributed by atoms with van der Waals surface area (Å²) in [6, 6.07) is 18.0. The van der Waals surface area contributed by atoms with Gasteiger partial charge in [-0.15, -0.1) is 0 Å². The van der Waals surface area contributed by atoms with Crippen molar-refractivity contribution >= 4 is 35.0 Å². The number of halogens is 1. The molecule has 0 aliphatic carbocycles. The van der Waals surface area contributed by atoms with Crippen LogP contribution in [0, 0.1) is 21.4 Å². The molecule has 35 heavy (non-hydrogen) atoms. The highest BCUT2D eigenvalue weighted by molar-refractivity contribution is 6.31. The van der Waals surface area contributed by atoms with Gasteiger partial charge >= 0.3 is 5.69 Å². The van der Waals surface area contributed by atoms with E-state index in [0.717, 1.165) is 11.6 Å². The first kappa shape index (κ1) is 25.1. The maximum atomic E-state index is 12.6. The molecule has 0 aromatic heterocycles. The topological polar surface area (TPSA) is 135 Å². The van der Waals surface area contributed by atoms with E-state index in [4.69, 9.17) is 21.1 Å². The first-order chi connectivity index (χ1) is 16.8. The number of benzene rings is 3. The Labute approximate surface area is 205 Å². The number of aromatic hydroxyl groups is 1. The van der Waals surface area contributed by atoms with Crippen molar-refractivity contribution in [1.29, 1.82) is 5.26 Å². The molecule has 0 aliphatic rings. The SMILES string of the molecule is CCOc1cc(/C=C(\C#N)C(=O)Nc2ccc(OCc3ccccc3Cl)cc2)cc([N+](=O)[O-])c1O. The minimum absolute atomic E-state index is 0.127. The number of nitrogens with zero attached hydrogens (tertiary/aromatic N) is 2. The van der Waals surface area contributed by atoms with Gasteiger partial charge in [0.1, 0.15) is 24.0 Å². The molecule has 178 valence electrons. The lowest BCUT2D eigenvalue weighted by Gasteiger charge is -2.09. The van der Waals surface area contributed by atoms with Crippen LogP contribution in [0.25, 0.3) is 6.08 Å². The van der Waals surface area contributed by atoms with Crippen LogP contribution >= 0.6 is 11.6 Å². The predicted molar refractivity (Wildman–Crippen MR) is 130 cm³/mol. The van der Waals surface area contributed by atoms with Gasteiger partial charge in [-0.05, 0) is 55.0 Å². The predicted octanol–water partition coefficient (Wildman–Crippen LogP) is 5.48. The number of carbonyl (C=O) groups is 1. The van der Waals surface area contributed by atoms with Gasteiger partial charge in [-0.3, -0.25) is 14.9 Å². The molecule has 3 rings (SSSR count). The second kappa shape index (κ2) is 11.5. The molecule has 0 heterocycles. The number of phenolic OH excluding ortho intramolecular Hbond substituents is 1. The number of carbonyl (C=O) groups excluding carboxylic acids is 1. The number of phenols is 1. The van der Waals surface area contributed by atoms with Gasteiger partial charge in [0.15, 0.2) is 5.75 Å². The molecular formula is C25H20ClN3O6. The molecule has 0 saturated heterocycles. The van der Waals surface area contributed by atoms with Gasteiger partial charge in [-0.1, -0.05) is 29.8 Å². The van der Waals surface area contributed by atoms with Gasteiger partial charge in [-0.25, -0.2) is 0 Å². The van der Waals surface area contributed by atoms with Crippen LogP contribution in [0.2, 0.25) is 5.02 Å². The first-order valence-corrected chi connectivity index (χ1v) is 10.7. The fraction of sp³-hybridized carbons (Fsp3) is 0.120. The fourth-order valence-corrected chi connectivity index (χ4v) is 3.22. The van der Waals surface area contributed by atoms with Gasteiger partial charge < -0.3 is 19.9 Å². The van der Waals surface area contributed by atoms with Crippen molar-refractivity contribution in [1.82, 2.24) is 0 Å². The van der Waals surface area contributed by atoms with Crippen LogP contribution in [0.4, 0.5) is 11.4 Å². The Hall–Kier alpha value is -4.55. The number of hydrogen-bond donors (Lipinski definition) is 2. The van der Waals surface area contributed by atoms with Crippen LogP contribution in [0.3, 0.4) is 0 Å². The molecule has 3 aromatic rings. The highest BCUT2D eigenvalue weighted by Gasteiger charge is 2.20. The third-order valence-corrected chi connectivity index (χ3v) is 5.08. The van der Waals surface area contributed by atoms with Gasteiger partial charge in [-0.2, -0.15) is 5.26 Å². The number of nitro benzene ring substituents is 1. The summed E-state index contributed by atoms with van der Waals surface area (Å²) in [5, 5.41) is 33.9. The Morgan fingerprint density at radius 3 is 2.54 bits per heavy atom. The Morgan fingerprint density at radius 2 is 1.91 bits per heavy atom. The molecule has 0 atom stereocenters. The maximum Gasteiger partial charge on any atom is 0.315 e. The molecule has 2 N–H and O–H groups in total. The molecule has 1 amide bonds. The van der Waals surface area contributed by atoms with E-state index in [2.05, 4.69) is 5.32 Å². The van der Waals surface area contributed by atoms with E-state index >= 15 is 0 Å². The van der Waals surface area contributed by atoms with Crippen molar-refractivity contribution in [2.24, 2.45) is 0 Å². The summed E-state index contributed by atoms with van der Waals surface area (Å²) in [7, 11) is 0. The lowest BCUT2D eigenvalue weighted by molar-refractivity contribution is -0.386. The molecule has 0 unspecified atom stereocenters. The molecule has 10 heteroatoms. The second-order valence-corrected chi connectivity index (χ2v) is 7.51. The summed E-state index contributed by atoms with van der Waals surface area (Å²) in [5.74, 6) is -0.920. The highest BCUT2D eigenvalue weighted by Crippen LogP contribution is 2.37. The number of rotatable bonds is 9. The lowest BCUT2D eigenvalue weighted by atomic mass is 10.1. The van der Waals surface area contributed by atoms with Crippen LogP contribution in [-0.2, 0) is 11.4 Å². The van der Waals surface area contributed by atoms with Crippen LogP contribution in [0.1, 0.15) is 18.1 Å². The number of nitrogens with one attached hydrogen (secondary N) is 1. The van der Waals surface area contributed by atoms with Crippen molar-refractivity contribution in [2.75, 3.05) is 11.9 Å². The Morgan fingerprint density at radius 1 is 1.20 bits per heavy atom. The van der Waals surface area contributed by atoms with E-state index in [0.29, 0.717) is 16.5 Å². The smallest absolute Gasteiger partial charge is 0.315 e. The van der Waals surface area contributed by atoms with Crippen LogP contribution in [-0.4, -0.2) is 22.5 Å². The molecular weight excluding hydrogens is 474 g/mol. The van der Waals surface area contributed by atoms with Crippen molar-refractivity contribution < 1.29 is 24.3 Å². The van der Waals surface area contributed by atoms with Gasteiger partial charge in [0.05, 0.1) is 11.5 Å². The number of hydrogen-bond acceptors (Lipinski definition) is 7. The van der Waals surface area contributed by atoms with Crippen LogP contribution in [0.5, 0.6) is 17.2 Å². The quantitative estimate of drug-likeness (QED) is 0.174. The lowest BCUT2D eigenvalue weighted by Crippen LogP contribution is -2.13. The Kier molecular flexibility index (Phi) is 8.27. The Balaban J connectivity index is 1.73. The number of ether oxygens (including phenoxy) is 2. The molecule has 0 radical (unpaired) electrons. The van der Waals surface area contributed by atoms with E-state index in [9.17, 15) is 25.3 Å². The second-order valence-electron chi connectivity index (χ2n) is 7.11. The largest absolute Gasteiger partial charge is 0.500 e. The van der Waals surface area contributed by atoms with Crippen molar-refractivity contribution in [2.45, 2.75) is 13.5 Å². The Bertz CT molecular complexity index is 1320. The van der Waals surface area contributed by atoms with Gasteiger partial charge in [0.25, 0.3) is 5.91 Å². The number of nitriles is 1. The summed E-state index contributed by atoms with van der Waals surface area (Å²) < 4.78 is 10.9. The number of anilines is 1. The number of amides is 1.